The van der Waals surface area contributed by atoms with Crippen LogP contribution in [-0.4, -0.2) is 35.1 Å². The lowest BCUT2D eigenvalue weighted by molar-refractivity contribution is -0.141. The third kappa shape index (κ3) is 9.02. The van der Waals surface area contributed by atoms with Crippen molar-refractivity contribution in [3.63, 3.8) is 0 Å². The Morgan fingerprint density at radius 2 is 1.71 bits per heavy atom. The number of benzene rings is 3. The van der Waals surface area contributed by atoms with Crippen molar-refractivity contribution in [2.75, 3.05) is 12.3 Å². The molecule has 3 aromatic carbocycles. The van der Waals surface area contributed by atoms with Crippen molar-refractivity contribution in [3.8, 4) is 0 Å². The highest BCUT2D eigenvalue weighted by atomic mass is 79.9. The third-order valence-electron chi connectivity index (χ3n) is 5.48. The Balaban J connectivity index is 1.76. The fourth-order valence-corrected chi connectivity index (χ4v) is 5.19. The van der Waals surface area contributed by atoms with Crippen molar-refractivity contribution < 1.29 is 9.59 Å². The molecule has 1 N–H and O–H groups in total. The van der Waals surface area contributed by atoms with Crippen LogP contribution in [0.5, 0.6) is 0 Å². The maximum absolute atomic E-state index is 13.5. The van der Waals surface area contributed by atoms with E-state index in [4.69, 9.17) is 11.6 Å². The van der Waals surface area contributed by atoms with Crippen LogP contribution in [0.4, 0.5) is 0 Å². The first-order chi connectivity index (χ1) is 17.0. The summed E-state index contributed by atoms with van der Waals surface area (Å²) in [7, 11) is 0. The normalized spacial score (nSPS) is 11.6. The second-order valence-electron chi connectivity index (χ2n) is 8.16. The minimum Gasteiger partial charge on any atom is -0.355 e. The topological polar surface area (TPSA) is 49.4 Å². The number of carbonyl (C=O) groups excluding carboxylic acids is 2. The zero-order valence-electron chi connectivity index (χ0n) is 19.8. The molecule has 0 saturated carbocycles. The van der Waals surface area contributed by atoms with Crippen LogP contribution in [0.1, 0.15) is 30.9 Å². The van der Waals surface area contributed by atoms with E-state index < -0.39 is 6.04 Å². The molecule has 7 heteroatoms. The highest BCUT2D eigenvalue weighted by Crippen LogP contribution is 2.23. The molecule has 1 atom stereocenters. The maximum atomic E-state index is 13.5. The summed E-state index contributed by atoms with van der Waals surface area (Å²) >= 11 is 11.2. The van der Waals surface area contributed by atoms with Crippen LogP contribution >= 0.6 is 39.3 Å². The number of hydrogen-bond acceptors (Lipinski definition) is 3. The third-order valence-corrected chi connectivity index (χ3v) is 7.32. The van der Waals surface area contributed by atoms with Crippen LogP contribution in [0.3, 0.4) is 0 Å². The molecule has 0 aromatic heterocycles. The van der Waals surface area contributed by atoms with Crippen LogP contribution in [0.2, 0.25) is 5.02 Å². The number of amides is 2. The first kappa shape index (κ1) is 27.3. The van der Waals surface area contributed by atoms with Crippen molar-refractivity contribution >= 4 is 51.1 Å². The van der Waals surface area contributed by atoms with Crippen molar-refractivity contribution in [1.82, 2.24) is 10.2 Å². The lowest BCUT2D eigenvalue weighted by Crippen LogP contribution is -2.50. The fraction of sp³-hybridized carbons (Fsp3) is 0.286. The predicted octanol–water partition coefficient (Wildman–Crippen LogP) is 6.75. The van der Waals surface area contributed by atoms with Gasteiger partial charge in [0.1, 0.15) is 6.04 Å². The van der Waals surface area contributed by atoms with E-state index in [9.17, 15) is 9.59 Å². The van der Waals surface area contributed by atoms with Gasteiger partial charge < -0.3 is 10.2 Å². The summed E-state index contributed by atoms with van der Waals surface area (Å²) in [5.41, 5.74) is 2.00. The zero-order chi connectivity index (χ0) is 25.0. The van der Waals surface area contributed by atoms with Gasteiger partial charge in [-0.05, 0) is 66.6 Å². The molecule has 184 valence electrons. The van der Waals surface area contributed by atoms with Gasteiger partial charge in [0.15, 0.2) is 0 Å². The minimum absolute atomic E-state index is 0.0196. The summed E-state index contributed by atoms with van der Waals surface area (Å²) in [6.45, 7) is 2.78. The van der Waals surface area contributed by atoms with E-state index in [1.54, 1.807) is 16.7 Å². The Kier molecular flexibility index (Phi) is 11.2. The lowest BCUT2D eigenvalue weighted by Gasteiger charge is -2.31. The average Bonchev–Trinajstić information content (AvgIpc) is 2.86. The molecule has 0 heterocycles. The number of hydrogen-bond donors (Lipinski definition) is 1. The molecule has 0 unspecified atom stereocenters. The molecule has 4 nitrogen and oxygen atoms in total. The average molecular weight is 574 g/mol. The molecule has 0 aliphatic heterocycles. The summed E-state index contributed by atoms with van der Waals surface area (Å²) in [5.74, 6) is 0.659. The molecule has 3 aromatic rings. The number of likely N-dealkylation sites (N-methyl/N-ethyl adjacent to an activating group) is 1. The number of rotatable bonds is 12. The second-order valence-corrected chi connectivity index (χ2v) is 10.7. The summed E-state index contributed by atoms with van der Waals surface area (Å²) in [6.07, 6.45) is 1.56. The van der Waals surface area contributed by atoms with Crippen LogP contribution < -0.4 is 5.32 Å². The van der Waals surface area contributed by atoms with Crippen LogP contribution in [0.15, 0.2) is 88.2 Å². The van der Waals surface area contributed by atoms with Crippen molar-refractivity contribution in [1.29, 1.82) is 0 Å². The van der Waals surface area contributed by atoms with Gasteiger partial charge in [0.05, 0.1) is 0 Å². The van der Waals surface area contributed by atoms with Gasteiger partial charge in [0.2, 0.25) is 11.8 Å². The highest BCUT2D eigenvalue weighted by Gasteiger charge is 2.29. The van der Waals surface area contributed by atoms with Crippen LogP contribution in [-0.2, 0) is 22.6 Å². The highest BCUT2D eigenvalue weighted by molar-refractivity contribution is 9.10. The Morgan fingerprint density at radius 1 is 1.00 bits per heavy atom. The summed E-state index contributed by atoms with van der Waals surface area (Å²) in [4.78, 5) is 29.6. The standard InChI is InChI=1S/C28H30BrClN2O2S/c1-2-31-28(34)26(19-21-8-4-3-5-9-21)32(20-22-10-6-11-23(29)18-22)27(33)12-7-17-35-25-15-13-24(30)14-16-25/h3-6,8-11,13-16,18,26H,2,7,12,17,19-20H2,1H3,(H,31,34)/t26-/m0/s1. The molecule has 2 amide bonds. The Bertz CT molecular complexity index is 1100. The SMILES string of the molecule is CCNC(=O)[C@H](Cc1ccccc1)N(Cc1cccc(Br)c1)C(=O)CCCSc1ccc(Cl)cc1. The van der Waals surface area contributed by atoms with Gasteiger partial charge in [-0.3, -0.25) is 9.59 Å². The number of nitrogens with one attached hydrogen (secondary N) is 1. The molecule has 0 spiro atoms. The van der Waals surface area contributed by atoms with Crippen LogP contribution in [0.25, 0.3) is 0 Å². The first-order valence-corrected chi connectivity index (χ1v) is 13.9. The Hall–Kier alpha value is -2.28. The van der Waals surface area contributed by atoms with Gasteiger partial charge in [-0.15, -0.1) is 11.8 Å². The van der Waals surface area contributed by atoms with E-state index in [2.05, 4.69) is 21.2 Å². The van der Waals surface area contributed by atoms with Crippen molar-refractivity contribution in [2.24, 2.45) is 0 Å². The molecular formula is C28H30BrClN2O2S. The monoisotopic (exact) mass is 572 g/mol. The molecule has 35 heavy (non-hydrogen) atoms. The van der Waals surface area contributed by atoms with E-state index >= 15 is 0 Å². The quantitative estimate of drug-likeness (QED) is 0.193. The fourth-order valence-electron chi connectivity index (χ4n) is 3.77. The maximum Gasteiger partial charge on any atom is 0.243 e. The molecular weight excluding hydrogens is 544 g/mol. The summed E-state index contributed by atoms with van der Waals surface area (Å²) in [5, 5.41) is 3.65. The van der Waals surface area contributed by atoms with Gasteiger partial charge >= 0.3 is 0 Å². The van der Waals surface area contributed by atoms with Gasteiger partial charge in [-0.1, -0.05) is 70.0 Å². The van der Waals surface area contributed by atoms with Gasteiger partial charge in [-0.2, -0.15) is 0 Å². The number of halogens is 2. The number of nitrogens with zero attached hydrogens (tertiary/aromatic N) is 1. The largest absolute Gasteiger partial charge is 0.355 e. The molecule has 0 aliphatic carbocycles. The Morgan fingerprint density at radius 3 is 2.40 bits per heavy atom. The predicted molar refractivity (Wildman–Crippen MR) is 149 cm³/mol. The first-order valence-electron chi connectivity index (χ1n) is 11.7. The lowest BCUT2D eigenvalue weighted by atomic mass is 10.0. The minimum atomic E-state index is -0.590. The van der Waals surface area contributed by atoms with E-state index in [0.29, 0.717) is 37.4 Å². The number of thioether (sulfide) groups is 1. The Labute approximate surface area is 225 Å². The van der Waals surface area contributed by atoms with Crippen molar-refractivity contribution in [3.05, 3.63) is 99.5 Å². The molecule has 0 bridgehead atoms. The van der Waals surface area contributed by atoms with Crippen molar-refractivity contribution in [2.45, 2.75) is 43.7 Å². The molecule has 0 radical (unpaired) electrons. The molecule has 0 aliphatic rings. The molecule has 3 rings (SSSR count). The van der Waals surface area contributed by atoms with Gasteiger partial charge in [0.25, 0.3) is 0 Å². The van der Waals surface area contributed by atoms with E-state index in [-0.39, 0.29) is 11.8 Å². The van der Waals surface area contributed by atoms with Crippen LogP contribution in [0, 0.1) is 0 Å². The summed E-state index contributed by atoms with van der Waals surface area (Å²) < 4.78 is 0.944. The number of carbonyl (C=O) groups is 2. The smallest absolute Gasteiger partial charge is 0.243 e. The van der Waals surface area contributed by atoms with Gasteiger partial charge in [0, 0.05) is 40.3 Å². The van der Waals surface area contributed by atoms with E-state index in [1.807, 2.05) is 85.8 Å². The summed E-state index contributed by atoms with van der Waals surface area (Å²) in [6, 6.07) is 24.9. The van der Waals surface area contributed by atoms with Gasteiger partial charge in [-0.25, -0.2) is 0 Å². The molecule has 0 fully saturated rings. The molecule has 0 saturated heterocycles. The van der Waals surface area contributed by atoms with E-state index in [1.165, 1.54) is 0 Å². The second kappa shape index (κ2) is 14.3. The van der Waals surface area contributed by atoms with E-state index in [0.717, 1.165) is 26.2 Å². The zero-order valence-corrected chi connectivity index (χ0v) is 22.9.